The number of carbonyl (C=O) groups excluding carboxylic acids is 1. The highest BCUT2D eigenvalue weighted by atomic mass is 32.2. The fourth-order valence-corrected chi connectivity index (χ4v) is 3.75. The van der Waals surface area contributed by atoms with Crippen LogP contribution in [0.3, 0.4) is 0 Å². The highest BCUT2D eigenvalue weighted by Gasteiger charge is 2.12. The van der Waals surface area contributed by atoms with Crippen LogP contribution in [0.5, 0.6) is 0 Å². The number of benzene rings is 1. The molecule has 0 aliphatic rings. The number of amides is 1. The number of nitriles is 1. The van der Waals surface area contributed by atoms with Gasteiger partial charge in [-0.1, -0.05) is 29.8 Å². The van der Waals surface area contributed by atoms with Crippen molar-refractivity contribution in [1.82, 2.24) is 15.1 Å². The first-order valence-electron chi connectivity index (χ1n) is 9.31. The van der Waals surface area contributed by atoms with Crippen LogP contribution in [-0.2, 0) is 23.5 Å². The smallest absolute Gasteiger partial charge is 0.220 e. The van der Waals surface area contributed by atoms with Gasteiger partial charge in [0.1, 0.15) is 0 Å². The van der Waals surface area contributed by atoms with Crippen molar-refractivity contribution in [3.8, 4) is 6.07 Å². The maximum atomic E-state index is 12.1. The van der Waals surface area contributed by atoms with E-state index in [1.54, 1.807) is 0 Å². The second-order valence-electron chi connectivity index (χ2n) is 6.67. The van der Waals surface area contributed by atoms with Crippen LogP contribution in [0.25, 0.3) is 0 Å². The van der Waals surface area contributed by atoms with Crippen molar-refractivity contribution < 1.29 is 4.79 Å². The van der Waals surface area contributed by atoms with Crippen LogP contribution in [0.15, 0.2) is 24.3 Å². The van der Waals surface area contributed by atoms with E-state index in [1.807, 2.05) is 30.3 Å². The fraction of sp³-hybridized carbons (Fsp3) is 0.476. The molecule has 0 spiro atoms. The Morgan fingerprint density at radius 2 is 2.00 bits per heavy atom. The second-order valence-corrected chi connectivity index (χ2v) is 7.77. The molecular weight excluding hydrogens is 356 g/mol. The summed E-state index contributed by atoms with van der Waals surface area (Å²) in [6, 6.07) is 10.7. The van der Waals surface area contributed by atoms with Crippen LogP contribution in [0.2, 0.25) is 0 Å². The summed E-state index contributed by atoms with van der Waals surface area (Å²) >= 11 is 1.83. The Bertz CT molecular complexity index is 790. The quantitative estimate of drug-likeness (QED) is 0.634. The maximum Gasteiger partial charge on any atom is 0.220 e. The minimum absolute atomic E-state index is 0.0783. The number of hydrogen-bond donors (Lipinski definition) is 1. The van der Waals surface area contributed by atoms with Crippen LogP contribution < -0.4 is 5.32 Å². The lowest BCUT2D eigenvalue weighted by Crippen LogP contribution is -2.26. The first-order valence-corrected chi connectivity index (χ1v) is 10.5. The lowest BCUT2D eigenvalue weighted by Gasteiger charge is -2.07. The molecule has 0 saturated carbocycles. The topological polar surface area (TPSA) is 70.7 Å². The van der Waals surface area contributed by atoms with E-state index >= 15 is 0 Å². The summed E-state index contributed by atoms with van der Waals surface area (Å²) in [5.74, 6) is 1.95. The molecule has 1 aromatic carbocycles. The number of aryl methyl sites for hydroxylation is 3. The van der Waals surface area contributed by atoms with E-state index in [4.69, 9.17) is 5.26 Å². The number of rotatable bonds is 10. The number of hydrogen-bond acceptors (Lipinski definition) is 4. The molecule has 144 valence electrons. The fourth-order valence-electron chi connectivity index (χ4n) is 2.93. The van der Waals surface area contributed by atoms with Gasteiger partial charge in [-0.25, -0.2) is 0 Å². The molecule has 6 heteroatoms. The highest BCUT2D eigenvalue weighted by Crippen LogP contribution is 2.16. The number of aromatic nitrogens is 2. The number of nitrogens with zero attached hydrogens (tertiary/aromatic N) is 3. The predicted octanol–water partition coefficient (Wildman–Crippen LogP) is 3.70. The Morgan fingerprint density at radius 1 is 1.26 bits per heavy atom. The third-order valence-electron chi connectivity index (χ3n) is 4.53. The Balaban J connectivity index is 1.67. The van der Waals surface area contributed by atoms with E-state index in [9.17, 15) is 4.79 Å². The predicted molar refractivity (Wildman–Crippen MR) is 111 cm³/mol. The standard InChI is InChI=1S/C21H28N4OS/c1-16-5-7-19(8-6-16)15-27-14-12-23-21(26)10-9-20-17(2)24-25(18(20)3)13-4-11-22/h5-8H,4,9-10,12-15H2,1-3H3,(H,23,26). The molecule has 1 heterocycles. The third-order valence-corrected chi connectivity index (χ3v) is 5.56. The average molecular weight is 385 g/mol. The monoisotopic (exact) mass is 384 g/mol. The number of nitrogens with one attached hydrogen (secondary N) is 1. The van der Waals surface area contributed by atoms with E-state index in [0.717, 1.165) is 28.5 Å². The summed E-state index contributed by atoms with van der Waals surface area (Å²) in [7, 11) is 0. The molecule has 5 nitrogen and oxygen atoms in total. The summed E-state index contributed by atoms with van der Waals surface area (Å²) in [4.78, 5) is 12.1. The van der Waals surface area contributed by atoms with Crippen molar-refractivity contribution in [3.05, 3.63) is 52.3 Å². The second kappa shape index (κ2) is 10.8. The molecule has 1 aromatic heterocycles. The molecule has 2 rings (SSSR count). The molecular formula is C21H28N4OS. The summed E-state index contributed by atoms with van der Waals surface area (Å²) in [6.07, 6.45) is 1.60. The van der Waals surface area contributed by atoms with Gasteiger partial charge in [-0.2, -0.15) is 22.1 Å². The molecule has 2 aromatic rings. The van der Waals surface area contributed by atoms with Crippen LogP contribution in [0.4, 0.5) is 0 Å². The van der Waals surface area contributed by atoms with Gasteiger partial charge in [0.05, 0.1) is 24.7 Å². The molecule has 0 aliphatic carbocycles. The molecule has 0 fully saturated rings. The Kier molecular flexibility index (Phi) is 8.41. The van der Waals surface area contributed by atoms with E-state index in [2.05, 4.69) is 47.7 Å². The molecule has 0 radical (unpaired) electrons. The van der Waals surface area contributed by atoms with E-state index in [-0.39, 0.29) is 5.91 Å². The molecule has 0 aliphatic heterocycles. The summed E-state index contributed by atoms with van der Waals surface area (Å²) in [5, 5.41) is 16.2. The zero-order valence-corrected chi connectivity index (χ0v) is 17.2. The third kappa shape index (κ3) is 6.76. The van der Waals surface area contributed by atoms with E-state index in [1.165, 1.54) is 11.1 Å². The SMILES string of the molecule is Cc1ccc(CSCCNC(=O)CCc2c(C)nn(CCC#N)c2C)cc1. The maximum absolute atomic E-state index is 12.1. The van der Waals surface area contributed by atoms with Crippen LogP contribution in [-0.4, -0.2) is 28.0 Å². The largest absolute Gasteiger partial charge is 0.355 e. The van der Waals surface area contributed by atoms with Gasteiger partial charge in [0, 0.05) is 30.2 Å². The van der Waals surface area contributed by atoms with Crippen LogP contribution in [0, 0.1) is 32.1 Å². The zero-order chi connectivity index (χ0) is 19.6. The summed E-state index contributed by atoms with van der Waals surface area (Å²) in [6.45, 7) is 7.35. The van der Waals surface area contributed by atoms with Gasteiger partial charge in [-0.3, -0.25) is 9.48 Å². The minimum Gasteiger partial charge on any atom is -0.355 e. The van der Waals surface area contributed by atoms with Crippen molar-refractivity contribution in [2.45, 2.75) is 52.3 Å². The molecule has 1 N–H and O–H groups in total. The van der Waals surface area contributed by atoms with Crippen molar-refractivity contribution in [2.75, 3.05) is 12.3 Å². The van der Waals surface area contributed by atoms with Gasteiger partial charge in [-0.05, 0) is 38.3 Å². The van der Waals surface area contributed by atoms with Crippen molar-refractivity contribution >= 4 is 17.7 Å². The van der Waals surface area contributed by atoms with E-state index in [0.29, 0.717) is 32.4 Å². The summed E-state index contributed by atoms with van der Waals surface area (Å²) in [5.41, 5.74) is 5.72. The Hall–Kier alpha value is -2.26. The van der Waals surface area contributed by atoms with Gasteiger partial charge in [0.25, 0.3) is 0 Å². The molecule has 0 unspecified atom stereocenters. The zero-order valence-electron chi connectivity index (χ0n) is 16.4. The normalized spacial score (nSPS) is 10.6. The molecule has 27 heavy (non-hydrogen) atoms. The van der Waals surface area contributed by atoms with Crippen molar-refractivity contribution in [2.24, 2.45) is 0 Å². The average Bonchev–Trinajstić information content (AvgIpc) is 2.92. The van der Waals surface area contributed by atoms with Gasteiger partial charge >= 0.3 is 0 Å². The lowest BCUT2D eigenvalue weighted by molar-refractivity contribution is -0.120. The van der Waals surface area contributed by atoms with Crippen molar-refractivity contribution in [1.29, 1.82) is 5.26 Å². The van der Waals surface area contributed by atoms with Crippen LogP contribution >= 0.6 is 11.8 Å². The number of carbonyl (C=O) groups is 1. The molecule has 1 amide bonds. The van der Waals surface area contributed by atoms with E-state index < -0.39 is 0 Å². The molecule has 0 atom stereocenters. The Labute approximate surface area is 166 Å². The first kappa shape index (κ1) is 21.0. The molecule has 0 bridgehead atoms. The van der Waals surface area contributed by atoms with Gasteiger partial charge in [-0.15, -0.1) is 0 Å². The summed E-state index contributed by atoms with van der Waals surface area (Å²) < 4.78 is 1.87. The van der Waals surface area contributed by atoms with Gasteiger partial charge in [0.2, 0.25) is 5.91 Å². The highest BCUT2D eigenvalue weighted by molar-refractivity contribution is 7.98. The number of thioether (sulfide) groups is 1. The Morgan fingerprint density at radius 3 is 2.70 bits per heavy atom. The van der Waals surface area contributed by atoms with Crippen molar-refractivity contribution in [3.63, 3.8) is 0 Å². The first-order chi connectivity index (χ1) is 13.0. The molecule has 0 saturated heterocycles. The van der Waals surface area contributed by atoms with Gasteiger partial charge < -0.3 is 5.32 Å². The van der Waals surface area contributed by atoms with Crippen LogP contribution in [0.1, 0.15) is 40.9 Å². The lowest BCUT2D eigenvalue weighted by atomic mass is 10.1. The minimum atomic E-state index is 0.0783. The van der Waals surface area contributed by atoms with Gasteiger partial charge in [0.15, 0.2) is 0 Å².